The zero-order chi connectivity index (χ0) is 8.98. The maximum Gasteiger partial charge on any atom is -0.0241 e. The molecule has 0 aromatic carbocycles. The normalized spacial score (nSPS) is 49.0. The third-order valence-electron chi connectivity index (χ3n) is 4.70. The maximum absolute atomic E-state index is 2.45. The fourth-order valence-electron chi connectivity index (χ4n) is 3.08. The average molecular weight is 166 g/mol. The Morgan fingerprint density at radius 1 is 1.33 bits per heavy atom. The first-order valence-electron chi connectivity index (χ1n) is 5.51. The van der Waals surface area contributed by atoms with Crippen LogP contribution in [0.4, 0.5) is 0 Å². The van der Waals surface area contributed by atoms with Gasteiger partial charge in [0.05, 0.1) is 0 Å². The van der Waals surface area contributed by atoms with Crippen LogP contribution in [0.25, 0.3) is 0 Å². The summed E-state index contributed by atoms with van der Waals surface area (Å²) in [5.74, 6) is 2.14. The van der Waals surface area contributed by atoms with Crippen molar-refractivity contribution in [2.24, 2.45) is 22.7 Å². The number of hydrogen-bond donors (Lipinski definition) is 0. The lowest BCUT2D eigenvalue weighted by Crippen LogP contribution is -2.08. The maximum atomic E-state index is 2.45. The highest BCUT2D eigenvalue weighted by Crippen LogP contribution is 2.70. The Kier molecular flexibility index (Phi) is 1.63. The van der Waals surface area contributed by atoms with E-state index in [-0.39, 0.29) is 0 Å². The summed E-state index contributed by atoms with van der Waals surface area (Å²) in [5.41, 5.74) is 1.42. The van der Waals surface area contributed by atoms with Crippen molar-refractivity contribution in [3.8, 4) is 0 Å². The lowest BCUT2D eigenvalue weighted by Gasteiger charge is -2.18. The summed E-state index contributed by atoms with van der Waals surface area (Å²) < 4.78 is 0. The molecule has 0 aliphatic heterocycles. The molecule has 0 saturated heterocycles. The van der Waals surface area contributed by atoms with Crippen LogP contribution in [-0.2, 0) is 0 Å². The molecule has 0 amide bonds. The first kappa shape index (κ1) is 8.59. The Bertz CT molecular complexity index is 192. The van der Waals surface area contributed by atoms with Crippen LogP contribution < -0.4 is 0 Å². The van der Waals surface area contributed by atoms with Crippen molar-refractivity contribution < 1.29 is 0 Å². The summed E-state index contributed by atoms with van der Waals surface area (Å²) >= 11 is 0. The monoisotopic (exact) mass is 166 g/mol. The van der Waals surface area contributed by atoms with Gasteiger partial charge in [-0.3, -0.25) is 0 Å². The molecule has 2 aliphatic rings. The van der Waals surface area contributed by atoms with Gasteiger partial charge in [-0.25, -0.2) is 0 Å². The van der Waals surface area contributed by atoms with Crippen LogP contribution in [0.1, 0.15) is 53.4 Å². The number of hydrogen-bond acceptors (Lipinski definition) is 0. The molecule has 0 bridgehead atoms. The third-order valence-corrected chi connectivity index (χ3v) is 4.70. The van der Waals surface area contributed by atoms with E-state index in [2.05, 4.69) is 27.7 Å². The molecule has 0 heterocycles. The van der Waals surface area contributed by atoms with E-state index < -0.39 is 0 Å². The molecule has 0 heteroatoms. The summed E-state index contributed by atoms with van der Waals surface area (Å²) in [6, 6.07) is 0. The van der Waals surface area contributed by atoms with Gasteiger partial charge in [0, 0.05) is 0 Å². The van der Waals surface area contributed by atoms with Crippen molar-refractivity contribution in [2.45, 2.75) is 53.4 Å². The minimum absolute atomic E-state index is 0.671. The Balaban J connectivity index is 1.93. The first-order valence-corrected chi connectivity index (χ1v) is 5.51. The Hall–Kier alpha value is 0. The fourth-order valence-corrected chi connectivity index (χ4v) is 3.08. The summed E-state index contributed by atoms with van der Waals surface area (Å²) in [6.45, 7) is 9.68. The molecule has 3 unspecified atom stereocenters. The Morgan fingerprint density at radius 2 is 1.83 bits per heavy atom. The van der Waals surface area contributed by atoms with Crippen molar-refractivity contribution in [2.75, 3.05) is 0 Å². The van der Waals surface area contributed by atoms with Crippen molar-refractivity contribution in [1.82, 2.24) is 0 Å². The van der Waals surface area contributed by atoms with Crippen molar-refractivity contribution in [1.29, 1.82) is 0 Å². The average Bonchev–Trinajstić information content (AvgIpc) is 2.77. The highest BCUT2D eigenvalue weighted by Gasteiger charge is 2.61. The van der Waals surface area contributed by atoms with Crippen LogP contribution in [0.15, 0.2) is 0 Å². The minimum Gasteiger partial charge on any atom is -0.0648 e. The molecule has 0 aromatic heterocycles. The smallest absolute Gasteiger partial charge is 0.0241 e. The highest BCUT2D eigenvalue weighted by atomic mass is 14.7. The fraction of sp³-hybridized carbons (Fsp3) is 1.00. The van der Waals surface area contributed by atoms with Crippen LogP contribution in [0.5, 0.6) is 0 Å². The molecule has 0 radical (unpaired) electrons. The molecule has 2 aliphatic carbocycles. The Labute approximate surface area is 76.7 Å². The molecule has 2 fully saturated rings. The summed E-state index contributed by atoms with van der Waals surface area (Å²) in [7, 11) is 0. The van der Waals surface area contributed by atoms with Gasteiger partial charge in [0.2, 0.25) is 0 Å². The van der Waals surface area contributed by atoms with Gasteiger partial charge >= 0.3 is 0 Å². The highest BCUT2D eigenvalue weighted by molar-refractivity contribution is 5.10. The molecule has 0 nitrogen and oxygen atoms in total. The predicted molar refractivity (Wildman–Crippen MR) is 53.0 cm³/mol. The first-order chi connectivity index (χ1) is 5.51. The third kappa shape index (κ3) is 1.11. The van der Waals surface area contributed by atoms with Crippen LogP contribution in [-0.4, -0.2) is 0 Å². The molecular formula is C12H22. The molecule has 0 aromatic rings. The van der Waals surface area contributed by atoms with Gasteiger partial charge in [-0.05, 0) is 48.3 Å². The minimum atomic E-state index is 0.671. The quantitative estimate of drug-likeness (QED) is 0.597. The van der Waals surface area contributed by atoms with E-state index in [1.165, 1.54) is 25.7 Å². The van der Waals surface area contributed by atoms with Gasteiger partial charge in [-0.2, -0.15) is 0 Å². The number of rotatable bonds is 3. The molecule has 2 saturated carbocycles. The second-order valence-electron chi connectivity index (χ2n) is 5.87. The molecule has 70 valence electrons. The molecule has 3 atom stereocenters. The zero-order valence-corrected chi connectivity index (χ0v) is 8.98. The zero-order valence-electron chi connectivity index (χ0n) is 8.98. The van der Waals surface area contributed by atoms with E-state index in [0.717, 1.165) is 17.3 Å². The lowest BCUT2D eigenvalue weighted by atomic mass is 9.87. The van der Waals surface area contributed by atoms with Crippen LogP contribution in [0.2, 0.25) is 0 Å². The van der Waals surface area contributed by atoms with Gasteiger partial charge in [-0.15, -0.1) is 0 Å². The van der Waals surface area contributed by atoms with E-state index in [0.29, 0.717) is 5.41 Å². The van der Waals surface area contributed by atoms with Crippen molar-refractivity contribution in [3.63, 3.8) is 0 Å². The predicted octanol–water partition coefficient (Wildman–Crippen LogP) is 3.86. The van der Waals surface area contributed by atoms with E-state index in [1.807, 2.05) is 0 Å². The van der Waals surface area contributed by atoms with Crippen LogP contribution >= 0.6 is 0 Å². The van der Waals surface area contributed by atoms with Crippen LogP contribution in [0.3, 0.4) is 0 Å². The van der Waals surface area contributed by atoms with E-state index >= 15 is 0 Å². The standard InChI is InChI=1S/C12H22/c1-5-12(8-11(12,3)4)7-10-6-9(10)2/h9-10H,5-8H2,1-4H3. The van der Waals surface area contributed by atoms with Crippen molar-refractivity contribution >= 4 is 0 Å². The van der Waals surface area contributed by atoms with Crippen molar-refractivity contribution in [3.05, 3.63) is 0 Å². The molecule has 12 heavy (non-hydrogen) atoms. The van der Waals surface area contributed by atoms with Crippen LogP contribution in [0, 0.1) is 22.7 Å². The molecular weight excluding hydrogens is 144 g/mol. The van der Waals surface area contributed by atoms with Gasteiger partial charge in [-0.1, -0.05) is 27.7 Å². The SMILES string of the molecule is CCC1(CC2CC2C)CC1(C)C. The summed E-state index contributed by atoms with van der Waals surface area (Å²) in [6.07, 6.45) is 5.93. The molecule has 0 N–H and O–H groups in total. The molecule has 0 spiro atoms. The summed E-state index contributed by atoms with van der Waals surface area (Å²) in [5, 5.41) is 0. The lowest BCUT2D eigenvalue weighted by molar-refractivity contribution is 0.321. The largest absolute Gasteiger partial charge is 0.0648 e. The van der Waals surface area contributed by atoms with E-state index in [4.69, 9.17) is 0 Å². The van der Waals surface area contributed by atoms with E-state index in [9.17, 15) is 0 Å². The van der Waals surface area contributed by atoms with Gasteiger partial charge in [0.15, 0.2) is 0 Å². The summed E-state index contributed by atoms with van der Waals surface area (Å²) in [4.78, 5) is 0. The van der Waals surface area contributed by atoms with Gasteiger partial charge < -0.3 is 0 Å². The van der Waals surface area contributed by atoms with Gasteiger partial charge in [0.1, 0.15) is 0 Å². The topological polar surface area (TPSA) is 0 Å². The second-order valence-corrected chi connectivity index (χ2v) is 5.87. The van der Waals surface area contributed by atoms with Gasteiger partial charge in [0.25, 0.3) is 0 Å². The Morgan fingerprint density at radius 3 is 2.08 bits per heavy atom. The molecule has 2 rings (SSSR count). The second kappa shape index (κ2) is 2.27. The van der Waals surface area contributed by atoms with E-state index in [1.54, 1.807) is 0 Å².